The van der Waals surface area contributed by atoms with E-state index >= 15 is 0 Å². The number of rotatable bonds is 4. The number of ether oxygens (including phenoxy) is 4. The van der Waals surface area contributed by atoms with Crippen molar-refractivity contribution in [3.63, 3.8) is 0 Å². The van der Waals surface area contributed by atoms with Crippen LogP contribution in [0.15, 0.2) is 41.5 Å². The minimum absolute atomic E-state index is 0.0361. The van der Waals surface area contributed by atoms with Gasteiger partial charge >= 0.3 is 11.9 Å². The zero-order chi connectivity index (χ0) is 27.8. The standard InChI is InChI=1S/C28H32O10/c1-14(12-29)19-20-22(32)26(5)17(31)11-18-27(13-35-18,37-15(2)30)21(26)23(28(34,38-20)25(19,3)4)36-24(33)16-9-7-6-8-10-16/h6-10,12,17-18,20-21,23,31,34H,11,13H2,1-5H3/b19-14-/t17-,18+,20+,21?,23?,26+,27-,28+/m0/s1. The third-order valence-corrected chi connectivity index (χ3v) is 9.12. The fourth-order valence-electron chi connectivity index (χ4n) is 7.09. The molecule has 10 nitrogen and oxygen atoms in total. The molecular weight excluding hydrogens is 496 g/mol. The average molecular weight is 529 g/mol. The molecule has 1 aliphatic carbocycles. The Morgan fingerprint density at radius 3 is 2.34 bits per heavy atom. The van der Waals surface area contributed by atoms with Crippen LogP contribution in [-0.2, 0) is 33.3 Å². The number of esters is 2. The smallest absolute Gasteiger partial charge is 0.338 e. The highest BCUT2D eigenvalue weighted by atomic mass is 16.7. The fraction of sp³-hybridized carbons (Fsp3) is 0.571. The maximum Gasteiger partial charge on any atom is 0.338 e. The highest BCUT2D eigenvalue weighted by molar-refractivity contribution is 5.96. The van der Waals surface area contributed by atoms with Gasteiger partial charge in [0, 0.05) is 18.8 Å². The average Bonchev–Trinajstić information content (AvgIpc) is 3.05. The van der Waals surface area contributed by atoms with Gasteiger partial charge in [0.05, 0.1) is 29.6 Å². The van der Waals surface area contributed by atoms with Gasteiger partial charge in [0.2, 0.25) is 5.79 Å². The number of aliphatic hydroxyl groups excluding tert-OH is 1. The summed E-state index contributed by atoms with van der Waals surface area (Å²) in [4.78, 5) is 52.1. The summed E-state index contributed by atoms with van der Waals surface area (Å²) >= 11 is 0. The molecule has 0 spiro atoms. The van der Waals surface area contributed by atoms with Crippen LogP contribution in [0.4, 0.5) is 0 Å². The lowest BCUT2D eigenvalue weighted by atomic mass is 9.49. The van der Waals surface area contributed by atoms with Crippen LogP contribution in [0.25, 0.3) is 0 Å². The largest absolute Gasteiger partial charge is 0.453 e. The molecule has 4 fully saturated rings. The number of carbonyl (C=O) groups excluding carboxylic acids is 4. The minimum Gasteiger partial charge on any atom is -0.453 e. The number of aliphatic hydroxyl groups is 2. The Balaban J connectivity index is 1.78. The van der Waals surface area contributed by atoms with E-state index in [0.29, 0.717) is 6.29 Å². The van der Waals surface area contributed by atoms with Crippen LogP contribution >= 0.6 is 0 Å². The van der Waals surface area contributed by atoms with Crippen molar-refractivity contribution in [3.05, 3.63) is 47.0 Å². The van der Waals surface area contributed by atoms with Crippen molar-refractivity contribution < 1.29 is 48.3 Å². The molecule has 1 aromatic rings. The molecule has 3 saturated heterocycles. The van der Waals surface area contributed by atoms with Crippen molar-refractivity contribution in [2.75, 3.05) is 6.61 Å². The van der Waals surface area contributed by atoms with E-state index in [1.807, 2.05) is 0 Å². The SMILES string of the molecule is CC(=O)O[C@@]12CO[C@@H]1C[C@H](O)[C@@]1(C)C(=O)[C@@H]3O[C@](O)(C(OC(=O)c4ccccc4)C12)C(C)(C)/C3=C(/C)C=O. The van der Waals surface area contributed by atoms with E-state index in [4.69, 9.17) is 18.9 Å². The number of fused-ring (bicyclic) bond motifs is 5. The summed E-state index contributed by atoms with van der Waals surface area (Å²) in [5.74, 6) is -5.66. The predicted molar refractivity (Wildman–Crippen MR) is 129 cm³/mol. The molecule has 0 amide bonds. The minimum atomic E-state index is -2.34. The third kappa shape index (κ3) is 3.27. The Morgan fingerprint density at radius 1 is 1.13 bits per heavy atom. The van der Waals surface area contributed by atoms with E-state index in [2.05, 4.69) is 0 Å². The Hall–Kier alpha value is -2.92. The lowest BCUT2D eigenvalue weighted by Crippen LogP contribution is -2.79. The lowest BCUT2D eigenvalue weighted by molar-refractivity contribution is -0.356. The molecule has 0 radical (unpaired) electrons. The molecule has 1 saturated carbocycles. The first-order chi connectivity index (χ1) is 17.8. The molecule has 2 N–H and O–H groups in total. The Kier molecular flexibility index (Phi) is 6.00. The molecule has 38 heavy (non-hydrogen) atoms. The van der Waals surface area contributed by atoms with Gasteiger partial charge in [-0.3, -0.25) is 14.4 Å². The van der Waals surface area contributed by atoms with E-state index < -0.39 is 70.3 Å². The number of Topliss-reactive ketones (excluding diaryl/α,β-unsaturated/α-hetero) is 1. The van der Waals surface area contributed by atoms with Crippen molar-refractivity contribution >= 4 is 24.0 Å². The zero-order valence-electron chi connectivity index (χ0n) is 21.9. The predicted octanol–water partition coefficient (Wildman–Crippen LogP) is 1.51. The number of hydrogen-bond donors (Lipinski definition) is 2. The van der Waals surface area contributed by atoms with E-state index in [1.54, 1.807) is 32.0 Å². The van der Waals surface area contributed by atoms with Crippen LogP contribution in [0.3, 0.4) is 0 Å². The van der Waals surface area contributed by atoms with Crippen molar-refractivity contribution in [2.45, 2.75) is 76.8 Å². The fourth-order valence-corrected chi connectivity index (χ4v) is 7.09. The molecule has 4 aliphatic rings. The van der Waals surface area contributed by atoms with Gasteiger partial charge < -0.3 is 29.2 Å². The first kappa shape index (κ1) is 26.7. The molecule has 10 heteroatoms. The number of aldehydes is 1. The lowest BCUT2D eigenvalue weighted by Gasteiger charge is -2.63. The second kappa shape index (κ2) is 8.54. The molecule has 5 rings (SSSR count). The molecule has 2 bridgehead atoms. The second-order valence-corrected chi connectivity index (χ2v) is 11.5. The zero-order valence-corrected chi connectivity index (χ0v) is 21.9. The summed E-state index contributed by atoms with van der Waals surface area (Å²) in [6.07, 6.45) is -4.60. The van der Waals surface area contributed by atoms with Crippen LogP contribution in [-0.4, -0.2) is 76.6 Å². The summed E-state index contributed by atoms with van der Waals surface area (Å²) in [5.41, 5.74) is -4.00. The van der Waals surface area contributed by atoms with Gasteiger partial charge in [-0.05, 0) is 37.1 Å². The van der Waals surface area contributed by atoms with Crippen LogP contribution < -0.4 is 0 Å². The third-order valence-electron chi connectivity index (χ3n) is 9.12. The monoisotopic (exact) mass is 528 g/mol. The molecule has 3 heterocycles. The van der Waals surface area contributed by atoms with E-state index in [-0.39, 0.29) is 29.7 Å². The normalized spacial score (nSPS) is 42.1. The summed E-state index contributed by atoms with van der Waals surface area (Å²) in [6, 6.07) is 8.08. The summed E-state index contributed by atoms with van der Waals surface area (Å²) in [7, 11) is 0. The van der Waals surface area contributed by atoms with E-state index in [1.165, 1.54) is 32.9 Å². The summed E-state index contributed by atoms with van der Waals surface area (Å²) in [6.45, 7) is 7.30. The summed E-state index contributed by atoms with van der Waals surface area (Å²) in [5, 5.41) is 23.8. The van der Waals surface area contributed by atoms with Crippen molar-refractivity contribution in [1.82, 2.24) is 0 Å². The Morgan fingerprint density at radius 2 is 1.79 bits per heavy atom. The van der Waals surface area contributed by atoms with Crippen molar-refractivity contribution in [3.8, 4) is 0 Å². The van der Waals surface area contributed by atoms with Gasteiger partial charge in [0.25, 0.3) is 0 Å². The van der Waals surface area contributed by atoms with Gasteiger partial charge in [-0.25, -0.2) is 4.79 Å². The molecule has 0 aromatic heterocycles. The molecule has 3 aliphatic heterocycles. The molecule has 204 valence electrons. The van der Waals surface area contributed by atoms with Crippen molar-refractivity contribution in [2.24, 2.45) is 16.7 Å². The van der Waals surface area contributed by atoms with Crippen LogP contribution in [0.5, 0.6) is 0 Å². The van der Waals surface area contributed by atoms with Crippen LogP contribution in [0.1, 0.15) is 51.4 Å². The highest BCUT2D eigenvalue weighted by Crippen LogP contribution is 2.65. The maximum atomic E-state index is 14.4. The maximum absolute atomic E-state index is 14.4. The number of allylic oxidation sites excluding steroid dienone is 1. The van der Waals surface area contributed by atoms with Gasteiger partial charge in [-0.15, -0.1) is 0 Å². The summed E-state index contributed by atoms with van der Waals surface area (Å²) < 4.78 is 23.7. The first-order valence-corrected chi connectivity index (χ1v) is 12.6. The second-order valence-electron chi connectivity index (χ2n) is 11.5. The van der Waals surface area contributed by atoms with E-state index in [0.717, 1.165) is 0 Å². The van der Waals surface area contributed by atoms with Gasteiger partial charge in [0.15, 0.2) is 17.5 Å². The number of hydrogen-bond acceptors (Lipinski definition) is 10. The molecule has 2 unspecified atom stereocenters. The Labute approximate surface area is 219 Å². The molecule has 8 atom stereocenters. The first-order valence-electron chi connectivity index (χ1n) is 12.6. The number of benzene rings is 1. The molecular formula is C28H32O10. The highest BCUT2D eigenvalue weighted by Gasteiger charge is 2.80. The van der Waals surface area contributed by atoms with Crippen LogP contribution in [0.2, 0.25) is 0 Å². The van der Waals surface area contributed by atoms with Gasteiger partial charge in [-0.1, -0.05) is 32.0 Å². The molecule has 1 aromatic carbocycles. The number of carbonyl (C=O) groups is 4. The topological polar surface area (TPSA) is 146 Å². The van der Waals surface area contributed by atoms with E-state index in [9.17, 15) is 29.4 Å². The van der Waals surface area contributed by atoms with Crippen LogP contribution in [0, 0.1) is 16.7 Å². The number of ketones is 1. The Bertz CT molecular complexity index is 1240. The van der Waals surface area contributed by atoms with Gasteiger partial charge in [0.1, 0.15) is 18.5 Å². The van der Waals surface area contributed by atoms with Gasteiger partial charge in [-0.2, -0.15) is 0 Å². The van der Waals surface area contributed by atoms with Crippen molar-refractivity contribution in [1.29, 1.82) is 0 Å². The quantitative estimate of drug-likeness (QED) is 0.335.